The van der Waals surface area contributed by atoms with Crippen molar-refractivity contribution < 1.29 is 14.5 Å². The number of anilines is 2. The van der Waals surface area contributed by atoms with Gasteiger partial charge in [0.25, 0.3) is 17.5 Å². The Labute approximate surface area is 204 Å². The first-order valence-electron chi connectivity index (χ1n) is 11.7. The number of nitro groups is 1. The highest BCUT2D eigenvalue weighted by Crippen LogP contribution is 2.29. The average Bonchev–Trinajstić information content (AvgIpc) is 2.88. The standard InChI is InChI=1S/C27H28N4O4/c1-19-12-14-30(15-13-19)25-11-10-22(29-26(32)21-8-5-9-23(16-21)31(34)35)17-24(25)27(33)28-18-20-6-3-2-4-7-20/h2-11,16-17,19H,12-15,18H2,1H3,(H,28,33)(H,29,32). The molecule has 3 aromatic carbocycles. The van der Waals surface area contributed by atoms with E-state index < -0.39 is 10.8 Å². The van der Waals surface area contributed by atoms with Crippen LogP contribution in [0.5, 0.6) is 0 Å². The van der Waals surface area contributed by atoms with Gasteiger partial charge in [0.05, 0.1) is 10.5 Å². The third-order valence-corrected chi connectivity index (χ3v) is 6.24. The zero-order valence-corrected chi connectivity index (χ0v) is 19.6. The maximum atomic E-state index is 13.2. The first-order valence-corrected chi connectivity index (χ1v) is 11.7. The van der Waals surface area contributed by atoms with Gasteiger partial charge in [0, 0.05) is 48.7 Å². The number of nitrogens with zero attached hydrogens (tertiary/aromatic N) is 2. The number of benzene rings is 3. The molecule has 0 bridgehead atoms. The monoisotopic (exact) mass is 472 g/mol. The molecule has 0 saturated carbocycles. The van der Waals surface area contributed by atoms with Crippen LogP contribution in [0, 0.1) is 16.0 Å². The molecule has 180 valence electrons. The zero-order valence-electron chi connectivity index (χ0n) is 19.6. The van der Waals surface area contributed by atoms with E-state index in [0.29, 0.717) is 23.7 Å². The minimum absolute atomic E-state index is 0.159. The van der Waals surface area contributed by atoms with Crippen LogP contribution in [0.25, 0.3) is 0 Å². The van der Waals surface area contributed by atoms with E-state index >= 15 is 0 Å². The number of nitro benzene ring substituents is 1. The summed E-state index contributed by atoms with van der Waals surface area (Å²) in [5, 5.41) is 16.8. The van der Waals surface area contributed by atoms with E-state index in [1.165, 1.54) is 24.3 Å². The Kier molecular flexibility index (Phi) is 7.40. The molecule has 35 heavy (non-hydrogen) atoms. The van der Waals surface area contributed by atoms with E-state index in [1.54, 1.807) is 12.1 Å². The highest BCUT2D eigenvalue weighted by atomic mass is 16.6. The number of non-ortho nitro benzene ring substituents is 1. The molecule has 8 nitrogen and oxygen atoms in total. The summed E-state index contributed by atoms with van der Waals surface area (Å²) < 4.78 is 0. The lowest BCUT2D eigenvalue weighted by molar-refractivity contribution is -0.384. The van der Waals surface area contributed by atoms with Crippen molar-refractivity contribution in [1.29, 1.82) is 0 Å². The van der Waals surface area contributed by atoms with Gasteiger partial charge in [-0.3, -0.25) is 19.7 Å². The van der Waals surface area contributed by atoms with Crippen molar-refractivity contribution in [3.8, 4) is 0 Å². The van der Waals surface area contributed by atoms with Gasteiger partial charge in [0.15, 0.2) is 0 Å². The molecule has 1 aliphatic heterocycles. The van der Waals surface area contributed by atoms with Crippen molar-refractivity contribution in [3.05, 3.63) is 99.6 Å². The second-order valence-electron chi connectivity index (χ2n) is 8.83. The van der Waals surface area contributed by atoms with Crippen LogP contribution in [0.15, 0.2) is 72.8 Å². The van der Waals surface area contributed by atoms with Gasteiger partial charge in [-0.15, -0.1) is 0 Å². The van der Waals surface area contributed by atoms with Crippen molar-refractivity contribution in [3.63, 3.8) is 0 Å². The molecule has 0 spiro atoms. The average molecular weight is 473 g/mol. The fraction of sp³-hybridized carbons (Fsp3) is 0.259. The van der Waals surface area contributed by atoms with E-state index in [4.69, 9.17) is 0 Å². The molecule has 0 radical (unpaired) electrons. The first kappa shape index (κ1) is 23.9. The molecule has 0 aliphatic carbocycles. The minimum atomic E-state index is -0.541. The first-order chi connectivity index (χ1) is 16.9. The number of carbonyl (C=O) groups is 2. The summed E-state index contributed by atoms with van der Waals surface area (Å²) in [6.45, 7) is 4.34. The van der Waals surface area contributed by atoms with Crippen LogP contribution in [-0.4, -0.2) is 29.8 Å². The lowest BCUT2D eigenvalue weighted by Gasteiger charge is -2.33. The summed E-state index contributed by atoms with van der Waals surface area (Å²) in [4.78, 5) is 38.7. The predicted molar refractivity (Wildman–Crippen MR) is 136 cm³/mol. The topological polar surface area (TPSA) is 105 Å². The Morgan fingerprint density at radius 2 is 1.71 bits per heavy atom. The Hall–Kier alpha value is -4.20. The van der Waals surface area contributed by atoms with E-state index in [0.717, 1.165) is 37.2 Å². The molecule has 0 aromatic heterocycles. The quantitative estimate of drug-likeness (QED) is 0.371. The third kappa shape index (κ3) is 6.03. The van der Waals surface area contributed by atoms with Gasteiger partial charge in [-0.05, 0) is 48.6 Å². The molecule has 8 heteroatoms. The van der Waals surface area contributed by atoms with Gasteiger partial charge in [0.1, 0.15) is 0 Å². The molecule has 0 unspecified atom stereocenters. The summed E-state index contributed by atoms with van der Waals surface area (Å²) in [5.41, 5.74) is 2.75. The third-order valence-electron chi connectivity index (χ3n) is 6.24. The molecule has 2 amide bonds. The normalized spacial score (nSPS) is 13.8. The molecule has 1 fully saturated rings. The molecule has 2 N–H and O–H groups in total. The van der Waals surface area contributed by atoms with E-state index in [9.17, 15) is 19.7 Å². The van der Waals surface area contributed by atoms with Gasteiger partial charge < -0.3 is 15.5 Å². The SMILES string of the molecule is CC1CCN(c2ccc(NC(=O)c3cccc([N+](=O)[O-])c3)cc2C(=O)NCc2ccccc2)CC1. The minimum Gasteiger partial charge on any atom is -0.371 e. The van der Waals surface area contributed by atoms with Crippen molar-refractivity contribution in [1.82, 2.24) is 5.32 Å². The smallest absolute Gasteiger partial charge is 0.270 e. The van der Waals surface area contributed by atoms with Crippen molar-refractivity contribution in [2.75, 3.05) is 23.3 Å². The largest absolute Gasteiger partial charge is 0.371 e. The summed E-state index contributed by atoms with van der Waals surface area (Å²) in [5.74, 6) is -0.0621. The highest BCUT2D eigenvalue weighted by Gasteiger charge is 2.22. The molecule has 3 aromatic rings. The van der Waals surface area contributed by atoms with Gasteiger partial charge >= 0.3 is 0 Å². The van der Waals surface area contributed by atoms with Crippen molar-refractivity contribution in [2.45, 2.75) is 26.3 Å². The fourth-order valence-electron chi connectivity index (χ4n) is 4.16. The summed E-state index contributed by atoms with van der Waals surface area (Å²) in [7, 11) is 0. The second-order valence-corrected chi connectivity index (χ2v) is 8.83. The molecule has 4 rings (SSSR count). The Balaban J connectivity index is 1.57. The maximum Gasteiger partial charge on any atom is 0.270 e. The van der Waals surface area contributed by atoms with Crippen LogP contribution in [-0.2, 0) is 6.54 Å². The molecular weight excluding hydrogens is 444 g/mol. The number of rotatable bonds is 7. The fourth-order valence-corrected chi connectivity index (χ4v) is 4.16. The van der Waals surface area contributed by atoms with E-state index in [1.807, 2.05) is 36.4 Å². The summed E-state index contributed by atoms with van der Waals surface area (Å²) in [6.07, 6.45) is 2.10. The summed E-state index contributed by atoms with van der Waals surface area (Å²) in [6, 6.07) is 20.5. The van der Waals surface area contributed by atoms with E-state index in [-0.39, 0.29) is 17.2 Å². The van der Waals surface area contributed by atoms with Gasteiger partial charge in [0.2, 0.25) is 0 Å². The Bertz CT molecular complexity index is 1220. The Morgan fingerprint density at radius 1 is 0.971 bits per heavy atom. The summed E-state index contributed by atoms with van der Waals surface area (Å²) >= 11 is 0. The van der Waals surface area contributed by atoms with Gasteiger partial charge in [-0.25, -0.2) is 0 Å². The zero-order chi connectivity index (χ0) is 24.8. The van der Waals surface area contributed by atoms with Crippen molar-refractivity contribution in [2.24, 2.45) is 5.92 Å². The van der Waals surface area contributed by atoms with Gasteiger partial charge in [-0.2, -0.15) is 0 Å². The van der Waals surface area contributed by atoms with Crippen LogP contribution in [0.4, 0.5) is 17.1 Å². The number of hydrogen-bond donors (Lipinski definition) is 2. The lowest BCUT2D eigenvalue weighted by atomic mass is 9.97. The van der Waals surface area contributed by atoms with Crippen molar-refractivity contribution >= 4 is 28.9 Å². The van der Waals surface area contributed by atoms with Crippen LogP contribution in [0.2, 0.25) is 0 Å². The van der Waals surface area contributed by atoms with Crippen LogP contribution in [0.3, 0.4) is 0 Å². The number of hydrogen-bond acceptors (Lipinski definition) is 5. The number of amides is 2. The molecule has 1 heterocycles. The lowest BCUT2D eigenvalue weighted by Crippen LogP contribution is -2.35. The Morgan fingerprint density at radius 3 is 2.43 bits per heavy atom. The molecule has 1 aliphatic rings. The number of nitrogens with one attached hydrogen (secondary N) is 2. The number of carbonyl (C=O) groups excluding carboxylic acids is 2. The highest BCUT2D eigenvalue weighted by molar-refractivity contribution is 6.06. The maximum absolute atomic E-state index is 13.2. The van der Waals surface area contributed by atoms with Crippen LogP contribution in [0.1, 0.15) is 46.0 Å². The number of piperidine rings is 1. The van der Waals surface area contributed by atoms with Crippen LogP contribution < -0.4 is 15.5 Å². The van der Waals surface area contributed by atoms with Gasteiger partial charge in [-0.1, -0.05) is 43.3 Å². The molecular formula is C27H28N4O4. The van der Waals surface area contributed by atoms with Crippen LogP contribution >= 0.6 is 0 Å². The molecule has 0 atom stereocenters. The van der Waals surface area contributed by atoms with E-state index in [2.05, 4.69) is 22.5 Å². The second kappa shape index (κ2) is 10.8. The predicted octanol–water partition coefficient (Wildman–Crippen LogP) is 5.01. The molecule has 1 saturated heterocycles.